The van der Waals surface area contributed by atoms with E-state index in [4.69, 9.17) is 4.98 Å². The van der Waals surface area contributed by atoms with E-state index in [9.17, 15) is 0 Å². The van der Waals surface area contributed by atoms with Gasteiger partial charge in [0, 0.05) is 17.0 Å². The van der Waals surface area contributed by atoms with Crippen molar-refractivity contribution < 1.29 is 0 Å². The fraction of sp³-hybridized carbons (Fsp3) is 0.0312. The molecule has 1 nitrogen and oxygen atoms in total. The second kappa shape index (κ2) is 5.96. The van der Waals surface area contributed by atoms with Gasteiger partial charge in [0.05, 0.1) is 10.9 Å². The predicted molar refractivity (Wildman–Crippen MR) is 136 cm³/mol. The second-order valence-electron chi connectivity index (χ2n) is 9.15. The number of fused-ring (bicyclic) bond motifs is 13. The van der Waals surface area contributed by atoms with Crippen molar-refractivity contribution in [1.29, 1.82) is 0 Å². The van der Waals surface area contributed by atoms with Crippen molar-refractivity contribution in [1.82, 2.24) is 4.98 Å². The summed E-state index contributed by atoms with van der Waals surface area (Å²) in [7, 11) is 0. The van der Waals surface area contributed by atoms with E-state index in [1.807, 2.05) is 6.20 Å². The van der Waals surface area contributed by atoms with Crippen LogP contribution in [-0.4, -0.2) is 4.98 Å². The summed E-state index contributed by atoms with van der Waals surface area (Å²) in [5, 5.41) is 3.66. The van der Waals surface area contributed by atoms with Gasteiger partial charge in [-0.15, -0.1) is 0 Å². The largest absolute Gasteiger partial charge is 0.256 e. The molecule has 0 amide bonds. The van der Waals surface area contributed by atoms with Crippen molar-refractivity contribution in [2.24, 2.45) is 0 Å². The van der Waals surface area contributed by atoms with Crippen molar-refractivity contribution in [3.63, 3.8) is 0 Å². The summed E-state index contributed by atoms with van der Waals surface area (Å²) in [4.78, 5) is 4.92. The first kappa shape index (κ1) is 17.3. The zero-order chi connectivity index (χ0) is 21.6. The SMILES string of the molecule is c1ccc2c(c1)-c1ccccc1C21c2ccccc2-c2cc3c(cc21)ncc1ccccc13. The lowest BCUT2D eigenvalue weighted by molar-refractivity contribution is 0.794. The molecule has 0 saturated carbocycles. The third-order valence-corrected chi connectivity index (χ3v) is 7.71. The van der Waals surface area contributed by atoms with Gasteiger partial charge < -0.3 is 0 Å². The number of aromatic nitrogens is 1. The summed E-state index contributed by atoms with van der Waals surface area (Å²) in [6.45, 7) is 0. The van der Waals surface area contributed by atoms with Gasteiger partial charge >= 0.3 is 0 Å². The maximum absolute atomic E-state index is 4.92. The number of pyridine rings is 1. The molecule has 1 spiro atoms. The van der Waals surface area contributed by atoms with Gasteiger partial charge in [-0.3, -0.25) is 4.98 Å². The lowest BCUT2D eigenvalue weighted by Gasteiger charge is -2.30. The third-order valence-electron chi connectivity index (χ3n) is 7.71. The van der Waals surface area contributed by atoms with E-state index in [1.165, 1.54) is 60.7 Å². The van der Waals surface area contributed by atoms with Crippen LogP contribution in [0, 0.1) is 0 Å². The maximum Gasteiger partial charge on any atom is 0.0726 e. The molecule has 1 aromatic heterocycles. The number of rotatable bonds is 0. The molecule has 0 N–H and O–H groups in total. The molecule has 0 radical (unpaired) electrons. The predicted octanol–water partition coefficient (Wildman–Crippen LogP) is 7.73. The molecule has 152 valence electrons. The smallest absolute Gasteiger partial charge is 0.0726 e. The molecule has 1 heteroatoms. The highest BCUT2D eigenvalue weighted by atomic mass is 14.7. The quantitative estimate of drug-likeness (QED) is 0.230. The summed E-state index contributed by atoms with van der Waals surface area (Å²) >= 11 is 0. The van der Waals surface area contributed by atoms with Crippen LogP contribution in [-0.2, 0) is 5.41 Å². The molecular weight excluding hydrogens is 398 g/mol. The van der Waals surface area contributed by atoms with Crippen LogP contribution in [0.2, 0.25) is 0 Å². The van der Waals surface area contributed by atoms with E-state index in [0.29, 0.717) is 0 Å². The van der Waals surface area contributed by atoms with Crippen LogP contribution in [0.5, 0.6) is 0 Å². The molecule has 0 unspecified atom stereocenters. The Kier molecular flexibility index (Phi) is 3.13. The van der Waals surface area contributed by atoms with Crippen molar-refractivity contribution in [3.05, 3.63) is 138 Å². The first-order valence-corrected chi connectivity index (χ1v) is 11.5. The Labute approximate surface area is 192 Å². The van der Waals surface area contributed by atoms with Gasteiger partial charge in [0.1, 0.15) is 0 Å². The van der Waals surface area contributed by atoms with Crippen LogP contribution in [0.4, 0.5) is 0 Å². The average Bonchev–Trinajstić information content (AvgIpc) is 3.35. The molecule has 33 heavy (non-hydrogen) atoms. The molecule has 1 heterocycles. The fourth-order valence-electron chi connectivity index (χ4n) is 6.44. The third kappa shape index (κ3) is 1.97. The average molecular weight is 418 g/mol. The van der Waals surface area contributed by atoms with Crippen molar-refractivity contribution in [2.45, 2.75) is 5.41 Å². The number of benzene rings is 5. The van der Waals surface area contributed by atoms with Crippen LogP contribution < -0.4 is 0 Å². The number of hydrogen-bond donors (Lipinski definition) is 0. The minimum absolute atomic E-state index is 0.305. The summed E-state index contributed by atoms with van der Waals surface area (Å²) < 4.78 is 0. The first-order valence-electron chi connectivity index (χ1n) is 11.5. The van der Waals surface area contributed by atoms with Gasteiger partial charge in [0.15, 0.2) is 0 Å². The Bertz CT molecular complexity index is 1730. The molecule has 0 atom stereocenters. The summed E-state index contributed by atoms with van der Waals surface area (Å²) in [5.74, 6) is 0. The first-order chi connectivity index (χ1) is 16.4. The molecule has 8 rings (SSSR count). The van der Waals surface area contributed by atoms with E-state index in [2.05, 4.69) is 109 Å². The highest BCUT2D eigenvalue weighted by Gasteiger charge is 2.51. The van der Waals surface area contributed by atoms with Gasteiger partial charge in [-0.1, -0.05) is 97.1 Å². The molecule has 2 aliphatic rings. The zero-order valence-corrected chi connectivity index (χ0v) is 17.9. The monoisotopic (exact) mass is 417 g/mol. The Morgan fingerprint density at radius 2 is 1.00 bits per heavy atom. The highest BCUT2D eigenvalue weighted by Crippen LogP contribution is 2.63. The molecule has 0 bridgehead atoms. The van der Waals surface area contributed by atoms with Gasteiger partial charge in [0.2, 0.25) is 0 Å². The van der Waals surface area contributed by atoms with Crippen LogP contribution >= 0.6 is 0 Å². The van der Waals surface area contributed by atoms with E-state index in [0.717, 1.165) is 5.52 Å². The van der Waals surface area contributed by atoms with Crippen LogP contribution in [0.3, 0.4) is 0 Å². The van der Waals surface area contributed by atoms with E-state index >= 15 is 0 Å². The number of hydrogen-bond acceptors (Lipinski definition) is 1. The zero-order valence-electron chi connectivity index (χ0n) is 17.9. The molecule has 6 aromatic rings. The van der Waals surface area contributed by atoms with Crippen molar-refractivity contribution >= 4 is 21.7 Å². The molecule has 2 aliphatic carbocycles. The molecule has 0 saturated heterocycles. The van der Waals surface area contributed by atoms with Gasteiger partial charge in [-0.25, -0.2) is 0 Å². The summed E-state index contributed by atoms with van der Waals surface area (Å²) in [5.41, 5.74) is 11.5. The standard InChI is InChI=1S/C32H19N/c1-2-10-21-20(9-1)19-33-31-18-30-25(17-26(21)31)24-13-5-8-16-29(24)32(30)27-14-6-3-11-22(27)23-12-4-7-15-28(23)32/h1-19H. The van der Waals surface area contributed by atoms with Crippen molar-refractivity contribution in [2.75, 3.05) is 0 Å². The molecule has 5 aromatic carbocycles. The minimum Gasteiger partial charge on any atom is -0.256 e. The number of nitrogens with zero attached hydrogens (tertiary/aromatic N) is 1. The Morgan fingerprint density at radius 1 is 0.455 bits per heavy atom. The fourth-order valence-corrected chi connectivity index (χ4v) is 6.44. The topological polar surface area (TPSA) is 12.9 Å². The lowest BCUT2D eigenvalue weighted by atomic mass is 9.70. The lowest BCUT2D eigenvalue weighted by Crippen LogP contribution is -2.25. The second-order valence-corrected chi connectivity index (χ2v) is 9.15. The van der Waals surface area contributed by atoms with Crippen LogP contribution in [0.25, 0.3) is 43.9 Å². The summed E-state index contributed by atoms with van der Waals surface area (Å²) in [6.07, 6.45) is 2.01. The van der Waals surface area contributed by atoms with Gasteiger partial charge in [-0.05, 0) is 62.0 Å². The van der Waals surface area contributed by atoms with Crippen LogP contribution in [0.1, 0.15) is 22.3 Å². The molecule has 0 aliphatic heterocycles. The highest BCUT2D eigenvalue weighted by molar-refractivity contribution is 6.09. The Hall–Kier alpha value is -4.23. The van der Waals surface area contributed by atoms with E-state index in [-0.39, 0.29) is 5.41 Å². The van der Waals surface area contributed by atoms with Gasteiger partial charge in [-0.2, -0.15) is 0 Å². The molecular formula is C32H19N. The summed E-state index contributed by atoms with van der Waals surface area (Å²) in [6, 6.07) is 40.1. The normalized spacial score (nSPS) is 14.3. The van der Waals surface area contributed by atoms with E-state index in [1.54, 1.807) is 0 Å². The van der Waals surface area contributed by atoms with Crippen molar-refractivity contribution in [3.8, 4) is 22.3 Å². The Morgan fingerprint density at radius 3 is 1.67 bits per heavy atom. The molecule has 0 fully saturated rings. The Balaban J connectivity index is 1.60. The minimum atomic E-state index is -0.305. The van der Waals surface area contributed by atoms with Gasteiger partial charge in [0.25, 0.3) is 0 Å². The van der Waals surface area contributed by atoms with E-state index < -0.39 is 0 Å². The van der Waals surface area contributed by atoms with Crippen LogP contribution in [0.15, 0.2) is 115 Å². The maximum atomic E-state index is 4.92.